The Morgan fingerprint density at radius 2 is 2.18 bits per heavy atom. The molecule has 7 heteroatoms. The molecule has 1 aliphatic rings. The first-order chi connectivity index (χ1) is 8.02. The molecule has 2 atom stereocenters. The maximum atomic E-state index is 11.8. The van der Waals surface area contributed by atoms with Crippen LogP contribution < -0.4 is 11.3 Å². The summed E-state index contributed by atoms with van der Waals surface area (Å²) in [5.41, 5.74) is 5.00. The van der Waals surface area contributed by atoms with Gasteiger partial charge in [0.2, 0.25) is 0 Å². The second-order valence-electron chi connectivity index (χ2n) is 3.54. The number of nitrogen functional groups attached to an aromatic ring is 1. The normalized spacial score (nSPS) is 23.6. The number of allylic oxidation sites excluding steroid dienone is 2. The Balaban J connectivity index is 2.56. The van der Waals surface area contributed by atoms with Gasteiger partial charge >= 0.3 is 0 Å². The second-order valence-corrected chi connectivity index (χ2v) is 3.92. The summed E-state index contributed by atoms with van der Waals surface area (Å²) < 4.78 is 0.913. The minimum Gasteiger partial charge on any atom is -0.396 e. The van der Waals surface area contributed by atoms with E-state index in [0.717, 1.165) is 4.68 Å². The number of aliphatic hydroxyl groups is 2. The largest absolute Gasteiger partial charge is 0.396 e. The maximum absolute atomic E-state index is 11.8. The minimum absolute atomic E-state index is 0.0647. The van der Waals surface area contributed by atoms with Crippen molar-refractivity contribution in [2.75, 3.05) is 5.73 Å². The van der Waals surface area contributed by atoms with Crippen molar-refractivity contribution in [3.63, 3.8) is 0 Å². The van der Waals surface area contributed by atoms with Crippen LogP contribution in [-0.4, -0.2) is 32.2 Å². The summed E-state index contributed by atoms with van der Waals surface area (Å²) in [5.74, 6) is 0. The van der Waals surface area contributed by atoms with Crippen LogP contribution >= 0.6 is 11.6 Å². The predicted octanol–water partition coefficient (Wildman–Crippen LogP) is -0.389. The first-order valence-corrected chi connectivity index (χ1v) is 5.18. The second kappa shape index (κ2) is 4.33. The number of halogens is 1. The molecule has 0 fully saturated rings. The van der Waals surface area contributed by atoms with Crippen LogP contribution in [0, 0.1) is 0 Å². The van der Waals surface area contributed by atoms with E-state index in [2.05, 4.69) is 5.10 Å². The smallest absolute Gasteiger partial charge is 0.292 e. The molecular formula is C10H10ClN3O3. The number of hydrogen-bond donors (Lipinski definition) is 3. The van der Waals surface area contributed by atoms with Gasteiger partial charge < -0.3 is 15.9 Å². The van der Waals surface area contributed by atoms with E-state index in [1.165, 1.54) is 24.4 Å². The molecule has 0 amide bonds. The van der Waals surface area contributed by atoms with Gasteiger partial charge in [-0.2, -0.15) is 9.78 Å². The Morgan fingerprint density at radius 3 is 2.88 bits per heavy atom. The summed E-state index contributed by atoms with van der Waals surface area (Å²) >= 11 is 5.70. The van der Waals surface area contributed by atoms with Gasteiger partial charge in [-0.05, 0) is 6.08 Å². The average molecular weight is 256 g/mol. The molecule has 0 aromatic carbocycles. The third-order valence-electron chi connectivity index (χ3n) is 2.39. The number of aliphatic hydroxyl groups excluding tert-OH is 2. The summed E-state index contributed by atoms with van der Waals surface area (Å²) in [6.45, 7) is 0. The lowest BCUT2D eigenvalue weighted by molar-refractivity contribution is 0.0815. The van der Waals surface area contributed by atoms with Crippen molar-refractivity contribution in [2.24, 2.45) is 0 Å². The number of rotatable bonds is 1. The molecule has 1 aromatic rings. The van der Waals surface area contributed by atoms with E-state index in [9.17, 15) is 15.0 Å². The Morgan fingerprint density at radius 1 is 1.47 bits per heavy atom. The van der Waals surface area contributed by atoms with Gasteiger partial charge in [-0.3, -0.25) is 4.79 Å². The van der Waals surface area contributed by atoms with Crippen molar-refractivity contribution in [3.8, 4) is 0 Å². The lowest BCUT2D eigenvalue weighted by Crippen LogP contribution is -2.35. The predicted molar refractivity (Wildman–Crippen MR) is 63.3 cm³/mol. The number of aromatic nitrogens is 2. The number of nitrogens with zero attached hydrogens (tertiary/aromatic N) is 2. The molecule has 1 aromatic heterocycles. The molecule has 17 heavy (non-hydrogen) atoms. The van der Waals surface area contributed by atoms with Crippen molar-refractivity contribution in [1.82, 2.24) is 9.78 Å². The first-order valence-electron chi connectivity index (χ1n) is 4.80. The van der Waals surface area contributed by atoms with Gasteiger partial charge in [0.15, 0.2) is 0 Å². The molecular weight excluding hydrogens is 246 g/mol. The van der Waals surface area contributed by atoms with E-state index in [0.29, 0.717) is 0 Å². The molecule has 0 aliphatic heterocycles. The molecule has 0 bridgehead atoms. The zero-order valence-electron chi connectivity index (χ0n) is 8.62. The van der Waals surface area contributed by atoms with E-state index in [-0.39, 0.29) is 16.4 Å². The fraction of sp³-hybridized carbons (Fsp3) is 0.200. The van der Waals surface area contributed by atoms with Crippen LogP contribution in [0.4, 0.5) is 5.69 Å². The highest BCUT2D eigenvalue weighted by atomic mass is 35.5. The molecule has 0 spiro atoms. The molecule has 0 saturated carbocycles. The van der Waals surface area contributed by atoms with Crippen LogP contribution in [0.15, 0.2) is 29.2 Å². The number of hydrogen-bond acceptors (Lipinski definition) is 5. The van der Waals surface area contributed by atoms with Crippen LogP contribution in [-0.2, 0) is 0 Å². The van der Waals surface area contributed by atoms with Gasteiger partial charge in [0.25, 0.3) is 5.56 Å². The third kappa shape index (κ3) is 1.97. The van der Waals surface area contributed by atoms with Gasteiger partial charge in [0.05, 0.1) is 17.6 Å². The highest BCUT2D eigenvalue weighted by Gasteiger charge is 2.24. The fourth-order valence-electron chi connectivity index (χ4n) is 1.47. The standard InChI is InChI=1S/C10H10ClN3O3/c11-8-5(12)4-13-14(10(8)17)6-2-1-3-7(15)9(6)16/h1-4,7,9,15-16H,12H2/t7-,9+/m0/s1. The number of nitrogens with two attached hydrogens (primary N) is 1. The highest BCUT2D eigenvalue weighted by molar-refractivity contribution is 6.32. The summed E-state index contributed by atoms with van der Waals surface area (Å²) in [6, 6.07) is 0. The zero-order valence-corrected chi connectivity index (χ0v) is 9.37. The maximum Gasteiger partial charge on any atom is 0.292 e. The van der Waals surface area contributed by atoms with E-state index in [1.54, 1.807) is 0 Å². The molecule has 0 unspecified atom stereocenters. The summed E-state index contributed by atoms with van der Waals surface area (Å²) in [6.07, 6.45) is 3.29. The van der Waals surface area contributed by atoms with Crippen molar-refractivity contribution < 1.29 is 10.2 Å². The van der Waals surface area contributed by atoms with Crippen LogP contribution in [0.5, 0.6) is 0 Å². The van der Waals surface area contributed by atoms with Crippen molar-refractivity contribution in [1.29, 1.82) is 0 Å². The SMILES string of the molecule is Nc1cnn(C2=CC=C[C@H](O)[C@@H]2O)c(=O)c1Cl. The Kier molecular flexibility index (Phi) is 3.01. The molecule has 1 aliphatic carbocycles. The lowest BCUT2D eigenvalue weighted by Gasteiger charge is -2.21. The van der Waals surface area contributed by atoms with Gasteiger partial charge in [0.1, 0.15) is 17.2 Å². The van der Waals surface area contributed by atoms with E-state index in [1.807, 2.05) is 0 Å². The van der Waals surface area contributed by atoms with Crippen molar-refractivity contribution in [3.05, 3.63) is 39.8 Å². The minimum atomic E-state index is -1.23. The summed E-state index contributed by atoms with van der Waals surface area (Å²) in [5, 5.41) is 22.8. The summed E-state index contributed by atoms with van der Waals surface area (Å²) in [7, 11) is 0. The highest BCUT2D eigenvalue weighted by Crippen LogP contribution is 2.18. The first kappa shape index (κ1) is 11.8. The third-order valence-corrected chi connectivity index (χ3v) is 2.77. The molecule has 4 N–H and O–H groups in total. The van der Waals surface area contributed by atoms with E-state index >= 15 is 0 Å². The van der Waals surface area contributed by atoms with Crippen LogP contribution in [0.1, 0.15) is 0 Å². The molecule has 90 valence electrons. The van der Waals surface area contributed by atoms with Crippen LogP contribution in [0.3, 0.4) is 0 Å². The van der Waals surface area contributed by atoms with E-state index < -0.39 is 17.8 Å². The molecule has 0 radical (unpaired) electrons. The average Bonchev–Trinajstić information content (AvgIpc) is 2.31. The Labute approximate surface area is 101 Å². The van der Waals surface area contributed by atoms with Crippen LogP contribution in [0.25, 0.3) is 5.70 Å². The summed E-state index contributed by atoms with van der Waals surface area (Å²) in [4.78, 5) is 11.8. The van der Waals surface area contributed by atoms with Gasteiger partial charge in [0, 0.05) is 0 Å². The van der Waals surface area contributed by atoms with E-state index in [4.69, 9.17) is 17.3 Å². The topological polar surface area (TPSA) is 101 Å². The molecule has 2 rings (SSSR count). The lowest BCUT2D eigenvalue weighted by atomic mass is 10.1. The Bertz CT molecular complexity index is 564. The monoisotopic (exact) mass is 255 g/mol. The molecule has 6 nitrogen and oxygen atoms in total. The van der Waals surface area contributed by atoms with Crippen molar-refractivity contribution >= 4 is 23.0 Å². The van der Waals surface area contributed by atoms with Crippen molar-refractivity contribution in [2.45, 2.75) is 12.2 Å². The Hall–Kier alpha value is -1.63. The quantitative estimate of drug-likeness (QED) is 0.635. The van der Waals surface area contributed by atoms with Gasteiger partial charge in [-0.25, -0.2) is 0 Å². The molecule has 1 heterocycles. The number of anilines is 1. The molecule has 0 saturated heterocycles. The van der Waals surface area contributed by atoms with Crippen LogP contribution in [0.2, 0.25) is 5.02 Å². The van der Waals surface area contributed by atoms with Gasteiger partial charge in [-0.15, -0.1) is 0 Å². The van der Waals surface area contributed by atoms with Gasteiger partial charge in [-0.1, -0.05) is 23.8 Å². The fourth-order valence-corrected chi connectivity index (χ4v) is 1.60. The zero-order chi connectivity index (χ0) is 12.6.